The molecule has 0 bridgehead atoms. The first-order valence-corrected chi connectivity index (χ1v) is 8.64. The lowest BCUT2D eigenvalue weighted by molar-refractivity contribution is -0.137. The highest BCUT2D eigenvalue weighted by atomic mass is 19.1. The summed E-state index contributed by atoms with van der Waals surface area (Å²) in [5.74, 6) is -2.51. The molecule has 1 atom stereocenters. The number of halogens is 1. The van der Waals surface area contributed by atoms with Crippen LogP contribution < -0.4 is 10.6 Å². The first-order valence-electron chi connectivity index (χ1n) is 8.64. The van der Waals surface area contributed by atoms with Gasteiger partial charge >= 0.3 is 5.97 Å². The Labute approximate surface area is 155 Å². The summed E-state index contributed by atoms with van der Waals surface area (Å²) >= 11 is 0. The maximum Gasteiger partial charge on any atom is 0.303 e. The molecule has 0 aromatic heterocycles. The Morgan fingerprint density at radius 1 is 1.19 bits per heavy atom. The Hall–Kier alpha value is -3.22. The van der Waals surface area contributed by atoms with Crippen LogP contribution in [0.4, 0.5) is 10.1 Å². The van der Waals surface area contributed by atoms with Crippen molar-refractivity contribution in [3.8, 4) is 0 Å². The summed E-state index contributed by atoms with van der Waals surface area (Å²) in [6.45, 7) is 0. The summed E-state index contributed by atoms with van der Waals surface area (Å²) in [5, 5.41) is 14.3. The van der Waals surface area contributed by atoms with Gasteiger partial charge in [-0.05, 0) is 36.1 Å². The molecule has 0 aliphatic carbocycles. The summed E-state index contributed by atoms with van der Waals surface area (Å²) in [6.07, 6.45) is 0.778. The number of aryl methyl sites for hydroxylation is 1. The van der Waals surface area contributed by atoms with E-state index in [1.54, 1.807) is 24.3 Å². The van der Waals surface area contributed by atoms with Crippen LogP contribution in [0.2, 0.25) is 0 Å². The number of hydrogen-bond acceptors (Lipinski definition) is 3. The van der Waals surface area contributed by atoms with Gasteiger partial charge in [0.15, 0.2) is 0 Å². The molecule has 1 aliphatic heterocycles. The number of carboxylic acids is 1. The van der Waals surface area contributed by atoms with Gasteiger partial charge in [0.2, 0.25) is 5.91 Å². The van der Waals surface area contributed by atoms with E-state index in [0.717, 1.165) is 11.6 Å². The van der Waals surface area contributed by atoms with Gasteiger partial charge in [-0.15, -0.1) is 0 Å². The lowest BCUT2D eigenvalue weighted by Crippen LogP contribution is -2.30. The van der Waals surface area contributed by atoms with Crippen LogP contribution in [0.25, 0.3) is 0 Å². The van der Waals surface area contributed by atoms with Gasteiger partial charge in [0.25, 0.3) is 5.91 Å². The molecule has 140 valence electrons. The van der Waals surface area contributed by atoms with Gasteiger partial charge in [-0.25, -0.2) is 4.39 Å². The Balaban J connectivity index is 1.83. The molecule has 0 radical (unpaired) electrons. The van der Waals surface area contributed by atoms with Crippen LogP contribution in [0.3, 0.4) is 0 Å². The van der Waals surface area contributed by atoms with Crippen LogP contribution in [-0.4, -0.2) is 22.9 Å². The molecule has 2 amide bonds. The molecule has 6 nitrogen and oxygen atoms in total. The highest BCUT2D eigenvalue weighted by Gasteiger charge is 2.23. The molecule has 0 spiro atoms. The molecule has 0 fully saturated rings. The lowest BCUT2D eigenvalue weighted by Gasteiger charge is -2.21. The zero-order chi connectivity index (χ0) is 19.4. The molecule has 3 rings (SSSR count). The number of amides is 2. The van der Waals surface area contributed by atoms with Crippen molar-refractivity contribution >= 4 is 23.5 Å². The third-order valence-corrected chi connectivity index (χ3v) is 4.49. The minimum atomic E-state index is -0.971. The van der Waals surface area contributed by atoms with Crippen LogP contribution in [0.1, 0.15) is 46.8 Å². The van der Waals surface area contributed by atoms with E-state index in [1.807, 2.05) is 6.07 Å². The largest absolute Gasteiger partial charge is 0.481 e. The number of carbonyl (C=O) groups excluding carboxylic acids is 2. The number of carboxylic acid groups (broad SMARTS) is 1. The average molecular weight is 370 g/mol. The molecule has 2 aromatic rings. The zero-order valence-electron chi connectivity index (χ0n) is 14.5. The molecule has 1 unspecified atom stereocenters. The second-order valence-electron chi connectivity index (χ2n) is 6.41. The summed E-state index contributed by atoms with van der Waals surface area (Å²) in [6, 6.07) is 11.0. The summed E-state index contributed by atoms with van der Waals surface area (Å²) in [4.78, 5) is 35.0. The van der Waals surface area contributed by atoms with Gasteiger partial charge in [-0.1, -0.05) is 30.3 Å². The highest BCUT2D eigenvalue weighted by molar-refractivity contribution is 5.98. The van der Waals surface area contributed by atoms with E-state index < -0.39 is 23.7 Å². The maximum absolute atomic E-state index is 14.4. The highest BCUT2D eigenvalue weighted by Crippen LogP contribution is 2.27. The standard InChI is InChI=1S/C20H19FN2O4/c21-15-11-17-13(6-8-18(24)22-17)10-14(15)20(27)23-16(7-9-19(25)26)12-4-2-1-3-5-12/h1-5,10-11,16H,6-9H2,(H,22,24)(H,23,27)(H,25,26). The van der Waals surface area contributed by atoms with Gasteiger partial charge in [0, 0.05) is 18.5 Å². The normalized spacial score (nSPS) is 14.0. The number of aliphatic carboxylic acids is 1. The van der Waals surface area contributed by atoms with Crippen molar-refractivity contribution in [3.05, 3.63) is 65.0 Å². The van der Waals surface area contributed by atoms with Crippen LogP contribution >= 0.6 is 0 Å². The molecular weight excluding hydrogens is 351 g/mol. The fourth-order valence-corrected chi connectivity index (χ4v) is 3.09. The average Bonchev–Trinajstić information content (AvgIpc) is 2.64. The van der Waals surface area contributed by atoms with Crippen molar-refractivity contribution in [2.45, 2.75) is 31.7 Å². The van der Waals surface area contributed by atoms with Crippen LogP contribution in [0.15, 0.2) is 42.5 Å². The molecule has 3 N–H and O–H groups in total. The number of benzene rings is 2. The number of rotatable bonds is 6. The molecular formula is C20H19FN2O4. The maximum atomic E-state index is 14.4. The molecule has 0 saturated heterocycles. The monoisotopic (exact) mass is 370 g/mol. The third kappa shape index (κ3) is 4.49. The van der Waals surface area contributed by atoms with Crippen LogP contribution in [0.5, 0.6) is 0 Å². The Bertz CT molecular complexity index is 883. The van der Waals surface area contributed by atoms with E-state index in [4.69, 9.17) is 5.11 Å². The molecule has 7 heteroatoms. The summed E-state index contributed by atoms with van der Waals surface area (Å²) < 4.78 is 14.4. The quantitative estimate of drug-likeness (QED) is 0.728. The number of fused-ring (bicyclic) bond motifs is 1. The first kappa shape index (κ1) is 18.6. The van der Waals surface area contributed by atoms with E-state index >= 15 is 0 Å². The van der Waals surface area contributed by atoms with E-state index in [0.29, 0.717) is 17.7 Å². The SMILES string of the molecule is O=C(O)CCC(NC(=O)c1cc2c(cc1F)NC(=O)CC2)c1ccccc1. The zero-order valence-corrected chi connectivity index (χ0v) is 14.5. The van der Waals surface area contributed by atoms with Gasteiger partial charge in [0.1, 0.15) is 5.82 Å². The number of carbonyl (C=O) groups is 3. The fraction of sp³-hybridized carbons (Fsp3) is 0.250. The van der Waals surface area contributed by atoms with Gasteiger partial charge < -0.3 is 15.7 Å². The lowest BCUT2D eigenvalue weighted by atomic mass is 9.98. The molecule has 27 heavy (non-hydrogen) atoms. The Morgan fingerprint density at radius 3 is 2.63 bits per heavy atom. The Morgan fingerprint density at radius 2 is 1.93 bits per heavy atom. The van der Waals surface area contributed by atoms with Crippen molar-refractivity contribution in [3.63, 3.8) is 0 Å². The van der Waals surface area contributed by atoms with E-state index in [9.17, 15) is 18.8 Å². The predicted molar refractivity (Wildman–Crippen MR) is 96.9 cm³/mol. The van der Waals surface area contributed by atoms with Crippen molar-refractivity contribution in [2.24, 2.45) is 0 Å². The van der Waals surface area contributed by atoms with E-state index in [-0.39, 0.29) is 30.7 Å². The van der Waals surface area contributed by atoms with E-state index in [1.165, 1.54) is 6.07 Å². The van der Waals surface area contributed by atoms with Crippen molar-refractivity contribution in [1.29, 1.82) is 0 Å². The van der Waals surface area contributed by atoms with Gasteiger partial charge in [-0.3, -0.25) is 14.4 Å². The van der Waals surface area contributed by atoms with Gasteiger partial charge in [0.05, 0.1) is 11.6 Å². The van der Waals surface area contributed by atoms with Crippen LogP contribution in [0, 0.1) is 5.82 Å². The second kappa shape index (κ2) is 7.99. The molecule has 2 aromatic carbocycles. The van der Waals surface area contributed by atoms with Crippen molar-refractivity contribution < 1.29 is 23.9 Å². The number of anilines is 1. The van der Waals surface area contributed by atoms with Crippen LogP contribution in [-0.2, 0) is 16.0 Å². The van der Waals surface area contributed by atoms with Crippen molar-refractivity contribution in [1.82, 2.24) is 5.32 Å². The smallest absolute Gasteiger partial charge is 0.303 e. The number of hydrogen-bond donors (Lipinski definition) is 3. The molecule has 1 heterocycles. The topological polar surface area (TPSA) is 95.5 Å². The summed E-state index contributed by atoms with van der Waals surface area (Å²) in [5.41, 5.74) is 1.70. The fourth-order valence-electron chi connectivity index (χ4n) is 3.09. The summed E-state index contributed by atoms with van der Waals surface area (Å²) in [7, 11) is 0. The van der Waals surface area contributed by atoms with Gasteiger partial charge in [-0.2, -0.15) is 0 Å². The minimum absolute atomic E-state index is 0.124. The molecule has 0 saturated carbocycles. The van der Waals surface area contributed by atoms with E-state index in [2.05, 4.69) is 10.6 Å². The predicted octanol–water partition coefficient (Wildman–Crippen LogP) is 3.05. The molecule has 1 aliphatic rings. The third-order valence-electron chi connectivity index (χ3n) is 4.49. The van der Waals surface area contributed by atoms with Crippen molar-refractivity contribution in [2.75, 3.05) is 5.32 Å². The Kier molecular flexibility index (Phi) is 5.49. The second-order valence-corrected chi connectivity index (χ2v) is 6.41. The number of nitrogens with one attached hydrogen (secondary N) is 2. The minimum Gasteiger partial charge on any atom is -0.481 e. The first-order chi connectivity index (χ1) is 12.9.